The highest BCUT2D eigenvalue weighted by atomic mass is 16.4. The van der Waals surface area contributed by atoms with E-state index in [1.807, 2.05) is 5.43 Å². The molecule has 0 atom stereocenters. The molecule has 0 fully saturated rings. The second kappa shape index (κ2) is 2.84. The van der Waals surface area contributed by atoms with Crippen LogP contribution < -0.4 is 10.9 Å². The molecule has 0 radical (unpaired) electrons. The van der Waals surface area contributed by atoms with Crippen LogP contribution in [0.1, 0.15) is 9.78 Å². The third-order valence-corrected chi connectivity index (χ3v) is 0.345. The highest BCUT2D eigenvalue weighted by Crippen LogP contribution is 1.54. The van der Waals surface area contributed by atoms with E-state index >= 15 is 0 Å². The summed E-state index contributed by atoms with van der Waals surface area (Å²) in [5, 5.41) is 7.84. The molecule has 0 saturated heterocycles. The molecular weight excluding hydrogens is 112 g/mol. The molecule has 0 saturated carbocycles. The van der Waals surface area contributed by atoms with E-state index in [2.05, 4.69) is 0 Å². The van der Waals surface area contributed by atoms with Crippen LogP contribution in [0.25, 0.3) is 0 Å². The van der Waals surface area contributed by atoms with Gasteiger partial charge in [0.2, 0.25) is 5.91 Å². The Bertz CT molecular complexity index is 104. The van der Waals surface area contributed by atoms with Gasteiger partial charge in [-0.15, -0.1) is 0 Å². The Morgan fingerprint density at radius 1 is 1.50 bits per heavy atom. The first-order chi connectivity index (χ1) is 3.63. The molecule has 0 unspecified atom stereocenters. The topological polar surface area (TPSA) is 78.4 Å². The molecule has 50 valence electrons. The third kappa shape index (κ3) is 4.74. The fourth-order valence-corrected chi connectivity index (χ4v) is 0.141. The van der Waals surface area contributed by atoms with Crippen molar-refractivity contribution in [3.05, 3.63) is 0 Å². The molecular formula is C3H10N2O3. The average molecular weight is 122 g/mol. The smallest absolute Gasteiger partial charge is 0.423 e. The molecule has 3 N–H and O–H groups in total. The summed E-state index contributed by atoms with van der Waals surface area (Å²) < 4.78 is 0. The number of amides is 2. The molecule has 0 aliphatic carbocycles. The zero-order chi connectivity index (χ0) is 6.57. The lowest BCUT2D eigenvalue weighted by atomic mass is 10.8. The van der Waals surface area contributed by atoms with Crippen molar-refractivity contribution in [1.29, 1.82) is 0 Å². The standard InChI is InChI=1S/C3H6N2O3.2H2/c1-2(6)4-5-3(7)8;;/h5H,1H3,(H,4,6)(H,7,8);2*1H. The van der Waals surface area contributed by atoms with Gasteiger partial charge >= 0.3 is 6.09 Å². The van der Waals surface area contributed by atoms with Gasteiger partial charge in [0.25, 0.3) is 0 Å². The molecule has 5 heteroatoms. The van der Waals surface area contributed by atoms with E-state index in [1.54, 1.807) is 5.43 Å². The lowest BCUT2D eigenvalue weighted by Crippen LogP contribution is -2.39. The summed E-state index contributed by atoms with van der Waals surface area (Å²) in [6.07, 6.45) is -1.28. The molecule has 5 nitrogen and oxygen atoms in total. The summed E-state index contributed by atoms with van der Waals surface area (Å²) in [4.78, 5) is 19.5. The van der Waals surface area contributed by atoms with Gasteiger partial charge in [-0.25, -0.2) is 10.2 Å². The molecule has 0 aliphatic heterocycles. The fraction of sp³-hybridized carbons (Fsp3) is 0.333. The van der Waals surface area contributed by atoms with E-state index in [1.165, 1.54) is 6.92 Å². The van der Waals surface area contributed by atoms with Gasteiger partial charge in [0, 0.05) is 9.78 Å². The van der Waals surface area contributed by atoms with E-state index in [0.717, 1.165) is 0 Å². The zero-order valence-corrected chi connectivity index (χ0v) is 4.26. The van der Waals surface area contributed by atoms with Gasteiger partial charge in [-0.3, -0.25) is 10.2 Å². The van der Waals surface area contributed by atoms with Crippen molar-refractivity contribution in [3.63, 3.8) is 0 Å². The van der Waals surface area contributed by atoms with Crippen LogP contribution in [0.4, 0.5) is 4.79 Å². The van der Waals surface area contributed by atoms with Crippen LogP contribution in [0, 0.1) is 0 Å². The Balaban J connectivity index is -0.000000245. The summed E-state index contributed by atoms with van der Waals surface area (Å²) in [7, 11) is 0. The van der Waals surface area contributed by atoms with Gasteiger partial charge in [-0.1, -0.05) is 0 Å². The van der Waals surface area contributed by atoms with Crippen molar-refractivity contribution in [2.45, 2.75) is 6.92 Å². The SMILES string of the molecule is CC(=O)NNC(=O)O.[HH].[HH]. The third-order valence-electron chi connectivity index (χ3n) is 0.345. The molecule has 0 bridgehead atoms. The fourth-order valence-electron chi connectivity index (χ4n) is 0.141. The summed E-state index contributed by atoms with van der Waals surface area (Å²) in [5.41, 5.74) is 3.52. The first-order valence-electron chi connectivity index (χ1n) is 1.88. The Hall–Kier alpha value is -1.26. The lowest BCUT2D eigenvalue weighted by Gasteiger charge is -1.96. The van der Waals surface area contributed by atoms with Crippen LogP contribution in [-0.2, 0) is 4.79 Å². The maximum atomic E-state index is 9.91. The van der Waals surface area contributed by atoms with E-state index in [-0.39, 0.29) is 2.85 Å². The Kier molecular flexibility index (Phi) is 2.39. The van der Waals surface area contributed by atoms with Crippen LogP contribution in [0.2, 0.25) is 0 Å². The van der Waals surface area contributed by atoms with Gasteiger partial charge in [0.1, 0.15) is 0 Å². The van der Waals surface area contributed by atoms with Crippen LogP contribution >= 0.6 is 0 Å². The Labute approximate surface area is 48.6 Å². The predicted molar refractivity (Wildman–Crippen MR) is 29.2 cm³/mol. The van der Waals surface area contributed by atoms with Crippen molar-refractivity contribution in [2.24, 2.45) is 0 Å². The quantitative estimate of drug-likeness (QED) is 0.389. The number of hydrogen-bond acceptors (Lipinski definition) is 2. The number of hydrazine groups is 1. The monoisotopic (exact) mass is 122 g/mol. The summed E-state index contributed by atoms with van der Waals surface area (Å²) in [6, 6.07) is 0. The minimum atomic E-state index is -1.28. The predicted octanol–water partition coefficient (Wildman–Crippen LogP) is -0.203. The lowest BCUT2D eigenvalue weighted by molar-refractivity contribution is -0.119. The largest absolute Gasteiger partial charge is 0.464 e. The van der Waals surface area contributed by atoms with Gasteiger partial charge in [0.15, 0.2) is 0 Å². The molecule has 2 amide bonds. The van der Waals surface area contributed by atoms with Gasteiger partial charge < -0.3 is 5.11 Å². The van der Waals surface area contributed by atoms with Crippen molar-refractivity contribution >= 4 is 12.0 Å². The summed E-state index contributed by atoms with van der Waals surface area (Å²) in [5.74, 6) is -0.438. The van der Waals surface area contributed by atoms with Gasteiger partial charge in [-0.05, 0) is 0 Å². The van der Waals surface area contributed by atoms with Gasteiger partial charge in [-0.2, -0.15) is 0 Å². The number of carbonyl (C=O) groups excluding carboxylic acids is 1. The Morgan fingerprint density at radius 3 is 2.12 bits per heavy atom. The molecule has 8 heavy (non-hydrogen) atoms. The first-order valence-corrected chi connectivity index (χ1v) is 1.88. The maximum absolute atomic E-state index is 9.91. The van der Waals surface area contributed by atoms with Crippen LogP contribution in [0.15, 0.2) is 0 Å². The average Bonchev–Trinajstić information content (AvgIpc) is 1.61. The molecule has 0 aromatic carbocycles. The minimum Gasteiger partial charge on any atom is -0.464 e. The second-order valence-electron chi connectivity index (χ2n) is 1.11. The summed E-state index contributed by atoms with van der Waals surface area (Å²) >= 11 is 0. The maximum Gasteiger partial charge on any atom is 0.423 e. The van der Waals surface area contributed by atoms with Crippen molar-refractivity contribution < 1.29 is 17.5 Å². The minimum absolute atomic E-state index is 0. The molecule has 0 spiro atoms. The molecule has 0 heterocycles. The van der Waals surface area contributed by atoms with E-state index < -0.39 is 12.0 Å². The molecule has 0 aromatic rings. The molecule has 0 aliphatic rings. The first kappa shape index (κ1) is 6.74. The number of carbonyl (C=O) groups is 2. The number of nitrogens with one attached hydrogen (secondary N) is 2. The number of carboxylic acid groups (broad SMARTS) is 1. The van der Waals surface area contributed by atoms with Gasteiger partial charge in [0.05, 0.1) is 0 Å². The van der Waals surface area contributed by atoms with Crippen LogP contribution in [0.5, 0.6) is 0 Å². The number of hydrogen-bond donors (Lipinski definition) is 3. The van der Waals surface area contributed by atoms with Crippen molar-refractivity contribution in [1.82, 2.24) is 10.9 Å². The van der Waals surface area contributed by atoms with E-state index in [4.69, 9.17) is 5.11 Å². The van der Waals surface area contributed by atoms with Crippen molar-refractivity contribution in [2.75, 3.05) is 0 Å². The second-order valence-corrected chi connectivity index (χ2v) is 1.11. The number of rotatable bonds is 0. The molecule has 0 rings (SSSR count). The van der Waals surface area contributed by atoms with E-state index in [9.17, 15) is 9.59 Å². The highest BCUT2D eigenvalue weighted by molar-refractivity contribution is 5.76. The van der Waals surface area contributed by atoms with Crippen molar-refractivity contribution in [3.8, 4) is 0 Å². The summed E-state index contributed by atoms with van der Waals surface area (Å²) in [6.45, 7) is 1.20. The van der Waals surface area contributed by atoms with E-state index in [0.29, 0.717) is 0 Å². The zero-order valence-electron chi connectivity index (χ0n) is 4.26. The normalized spacial score (nSPS) is 7.62. The van der Waals surface area contributed by atoms with Crippen LogP contribution in [0.3, 0.4) is 0 Å². The Morgan fingerprint density at radius 2 is 2.00 bits per heavy atom. The molecule has 0 aromatic heterocycles. The highest BCUT2D eigenvalue weighted by Gasteiger charge is 1.91. The van der Waals surface area contributed by atoms with Crippen LogP contribution in [-0.4, -0.2) is 17.1 Å².